The molecule has 0 saturated heterocycles. The molecule has 0 radical (unpaired) electrons. The number of aromatic nitrogens is 1. The summed E-state index contributed by atoms with van der Waals surface area (Å²) in [6.07, 6.45) is 0. The van der Waals surface area contributed by atoms with Crippen LogP contribution < -0.4 is 9.54 Å². The van der Waals surface area contributed by atoms with Crippen molar-refractivity contribution in [1.82, 2.24) is 4.57 Å². The van der Waals surface area contributed by atoms with E-state index < -0.39 is 27.1 Å². The van der Waals surface area contributed by atoms with Crippen LogP contribution in [-0.4, -0.2) is 27.4 Å². The minimum Gasteiger partial charge on any atom is -0.497 e. The van der Waals surface area contributed by atoms with Crippen molar-refractivity contribution in [3.05, 3.63) is 67.0 Å². The van der Waals surface area contributed by atoms with Crippen molar-refractivity contribution in [1.29, 1.82) is 0 Å². The van der Waals surface area contributed by atoms with E-state index in [1.165, 1.54) is 11.3 Å². The number of methoxy groups -OCH3 is 1. The van der Waals surface area contributed by atoms with Gasteiger partial charge in [-0.05, 0) is 18.2 Å². The van der Waals surface area contributed by atoms with Gasteiger partial charge in [0.1, 0.15) is 5.75 Å². The monoisotopic (exact) mass is 388 g/mol. The number of ether oxygens (including phenoxy) is 1. The molecule has 0 bridgehead atoms. The van der Waals surface area contributed by atoms with Gasteiger partial charge in [0.05, 0.1) is 38.8 Å². The lowest BCUT2D eigenvalue weighted by molar-refractivity contribution is -0.394. The lowest BCUT2D eigenvalue weighted by atomic mass is 10.1. The Kier molecular flexibility index (Phi) is 4.69. The van der Waals surface area contributed by atoms with Crippen LogP contribution in [0.5, 0.6) is 5.75 Å². The number of carbonyl (C=O) groups excluding carboxylic acids is 1. The van der Waals surface area contributed by atoms with Crippen molar-refractivity contribution < 1.29 is 19.4 Å². The first-order valence-electron chi connectivity index (χ1n) is 7.46. The number of hydrogen-bond donors (Lipinski definition) is 0. The standard InChI is InChI=1S/C16H12N4O6S/c1-18-13-4-3-12(26-2)8-14(13)27-16(18)17-15(21)9-5-10(19(22)23)7-11(6-9)20(24)25/h3-8H,1-2H3. The first kappa shape index (κ1) is 18.2. The van der Waals surface area contributed by atoms with Crippen LogP contribution in [0.15, 0.2) is 41.4 Å². The van der Waals surface area contributed by atoms with E-state index in [-0.39, 0.29) is 5.56 Å². The second-order valence-corrected chi connectivity index (χ2v) is 6.46. The summed E-state index contributed by atoms with van der Waals surface area (Å²) in [5, 5.41) is 21.9. The summed E-state index contributed by atoms with van der Waals surface area (Å²) in [5.41, 5.74) is -0.510. The number of carbonyl (C=O) groups is 1. The Labute approximate surface area is 155 Å². The van der Waals surface area contributed by atoms with Crippen molar-refractivity contribution >= 4 is 38.8 Å². The highest BCUT2D eigenvalue weighted by Gasteiger charge is 2.20. The fourth-order valence-electron chi connectivity index (χ4n) is 2.43. The first-order chi connectivity index (χ1) is 12.8. The van der Waals surface area contributed by atoms with E-state index >= 15 is 0 Å². The average molecular weight is 388 g/mol. The summed E-state index contributed by atoms with van der Waals surface area (Å²) in [6.45, 7) is 0. The number of non-ortho nitro benzene ring substituents is 2. The van der Waals surface area contributed by atoms with E-state index in [1.807, 2.05) is 6.07 Å². The summed E-state index contributed by atoms with van der Waals surface area (Å²) in [4.78, 5) is 37.1. The van der Waals surface area contributed by atoms with Crippen molar-refractivity contribution in [2.75, 3.05) is 7.11 Å². The van der Waals surface area contributed by atoms with Gasteiger partial charge in [-0.3, -0.25) is 25.0 Å². The van der Waals surface area contributed by atoms with Crippen LogP contribution >= 0.6 is 11.3 Å². The molecule has 0 atom stereocenters. The summed E-state index contributed by atoms with van der Waals surface area (Å²) >= 11 is 1.23. The molecule has 3 rings (SSSR count). The molecule has 0 N–H and O–H groups in total. The average Bonchev–Trinajstić information content (AvgIpc) is 2.96. The first-order valence-corrected chi connectivity index (χ1v) is 8.28. The molecule has 138 valence electrons. The predicted octanol–water partition coefficient (Wildman–Crippen LogP) is 2.81. The molecule has 27 heavy (non-hydrogen) atoms. The van der Waals surface area contributed by atoms with Crippen LogP contribution in [0.2, 0.25) is 0 Å². The van der Waals surface area contributed by atoms with Gasteiger partial charge >= 0.3 is 0 Å². The summed E-state index contributed by atoms with van der Waals surface area (Å²) in [5.74, 6) is -0.160. The number of hydrogen-bond acceptors (Lipinski definition) is 7. The third-order valence-electron chi connectivity index (χ3n) is 3.78. The van der Waals surface area contributed by atoms with Crippen LogP contribution in [-0.2, 0) is 7.05 Å². The molecule has 0 aliphatic heterocycles. The molecule has 0 aliphatic carbocycles. The Morgan fingerprint density at radius 3 is 2.30 bits per heavy atom. The number of benzene rings is 2. The topological polar surface area (TPSA) is 130 Å². The van der Waals surface area contributed by atoms with Crippen molar-refractivity contribution in [2.24, 2.45) is 12.0 Å². The maximum absolute atomic E-state index is 12.5. The number of nitrogens with zero attached hydrogens (tertiary/aromatic N) is 4. The van der Waals surface area contributed by atoms with Gasteiger partial charge in [-0.15, -0.1) is 0 Å². The van der Waals surface area contributed by atoms with Crippen molar-refractivity contribution in [3.8, 4) is 5.75 Å². The number of amides is 1. The zero-order valence-corrected chi connectivity index (χ0v) is 14.9. The fourth-order valence-corrected chi connectivity index (χ4v) is 3.47. The van der Waals surface area contributed by atoms with Gasteiger partial charge in [-0.1, -0.05) is 11.3 Å². The highest BCUT2D eigenvalue weighted by Crippen LogP contribution is 2.24. The van der Waals surface area contributed by atoms with Crippen LogP contribution in [0.3, 0.4) is 0 Å². The zero-order chi connectivity index (χ0) is 19.7. The number of fused-ring (bicyclic) bond motifs is 1. The third-order valence-corrected chi connectivity index (χ3v) is 4.88. The lowest BCUT2D eigenvalue weighted by Crippen LogP contribution is -2.13. The maximum atomic E-state index is 12.5. The fraction of sp³-hybridized carbons (Fsp3) is 0.125. The Morgan fingerprint density at radius 2 is 1.74 bits per heavy atom. The molecule has 1 amide bonds. The van der Waals surface area contributed by atoms with E-state index in [9.17, 15) is 25.0 Å². The van der Waals surface area contributed by atoms with Gasteiger partial charge in [0.25, 0.3) is 17.3 Å². The normalized spacial score (nSPS) is 11.6. The minimum absolute atomic E-state index is 0.231. The number of rotatable bonds is 4. The molecule has 3 aromatic rings. The number of thiazole rings is 1. The largest absolute Gasteiger partial charge is 0.497 e. The van der Waals surface area contributed by atoms with Crippen LogP contribution in [0, 0.1) is 20.2 Å². The van der Waals surface area contributed by atoms with Gasteiger partial charge in [0.15, 0.2) is 4.80 Å². The highest BCUT2D eigenvalue weighted by atomic mass is 32.1. The van der Waals surface area contributed by atoms with E-state index in [1.54, 1.807) is 30.9 Å². The number of nitro groups is 2. The van der Waals surface area contributed by atoms with Gasteiger partial charge in [0, 0.05) is 19.2 Å². The Hall–Kier alpha value is -3.60. The Morgan fingerprint density at radius 1 is 1.11 bits per heavy atom. The molecule has 0 aliphatic rings. The highest BCUT2D eigenvalue weighted by molar-refractivity contribution is 7.16. The van der Waals surface area contributed by atoms with Crippen LogP contribution in [0.4, 0.5) is 11.4 Å². The number of nitro benzene ring substituents is 2. The predicted molar refractivity (Wildman–Crippen MR) is 97.0 cm³/mol. The molecular weight excluding hydrogens is 376 g/mol. The summed E-state index contributed by atoms with van der Waals surface area (Å²) in [6, 6.07) is 8.10. The molecular formula is C16H12N4O6S. The molecule has 10 nitrogen and oxygen atoms in total. The zero-order valence-electron chi connectivity index (χ0n) is 14.1. The van der Waals surface area contributed by atoms with Crippen LogP contribution in [0.1, 0.15) is 10.4 Å². The quantitative estimate of drug-likeness (QED) is 0.499. The van der Waals surface area contributed by atoms with Gasteiger partial charge in [-0.2, -0.15) is 4.99 Å². The SMILES string of the molecule is COc1ccc2c(c1)sc(=NC(=O)c1cc([N+](=O)[O-])cc([N+](=O)[O-])c1)n2C. The van der Waals surface area contributed by atoms with E-state index in [2.05, 4.69) is 4.99 Å². The van der Waals surface area contributed by atoms with Crippen molar-refractivity contribution in [3.63, 3.8) is 0 Å². The second-order valence-electron chi connectivity index (χ2n) is 5.45. The van der Waals surface area contributed by atoms with Gasteiger partial charge in [0.2, 0.25) is 0 Å². The molecule has 2 aromatic carbocycles. The Bertz CT molecular complexity index is 1130. The number of aryl methyl sites for hydroxylation is 1. The second kappa shape index (κ2) is 6.96. The molecule has 11 heteroatoms. The van der Waals surface area contributed by atoms with Gasteiger partial charge < -0.3 is 9.30 Å². The smallest absolute Gasteiger partial charge is 0.280 e. The molecule has 0 saturated carbocycles. The van der Waals surface area contributed by atoms with Crippen molar-refractivity contribution in [2.45, 2.75) is 0 Å². The van der Waals surface area contributed by atoms with Gasteiger partial charge in [-0.25, -0.2) is 0 Å². The summed E-state index contributed by atoms with van der Waals surface area (Å²) < 4.78 is 7.68. The maximum Gasteiger partial charge on any atom is 0.280 e. The van der Waals surface area contributed by atoms with Crippen LogP contribution in [0.25, 0.3) is 10.2 Å². The molecule has 0 unspecified atom stereocenters. The van der Waals surface area contributed by atoms with E-state index in [0.717, 1.165) is 28.4 Å². The molecule has 1 heterocycles. The van der Waals surface area contributed by atoms with E-state index in [0.29, 0.717) is 10.6 Å². The molecule has 0 spiro atoms. The summed E-state index contributed by atoms with van der Waals surface area (Å²) in [7, 11) is 3.26. The molecule has 0 fully saturated rings. The Balaban J connectivity index is 2.11. The minimum atomic E-state index is -0.809. The lowest BCUT2D eigenvalue weighted by Gasteiger charge is -1.99. The van der Waals surface area contributed by atoms with E-state index in [4.69, 9.17) is 4.74 Å². The molecule has 1 aromatic heterocycles. The third kappa shape index (κ3) is 3.53.